The molecule has 3 heterocycles. The minimum absolute atomic E-state index is 0.0352. The number of pyridine rings is 1. The molecule has 0 saturated carbocycles. The molecule has 1 aliphatic heterocycles. The van der Waals surface area contributed by atoms with Gasteiger partial charge < -0.3 is 14.2 Å². The zero-order valence-corrected chi connectivity index (χ0v) is 16.2. The van der Waals surface area contributed by atoms with Crippen LogP contribution in [0.2, 0.25) is 5.02 Å². The third kappa shape index (κ3) is 2.98. The fraction of sp³-hybridized carbons (Fsp3) is 0.238. The number of aromatic nitrogens is 2. The SMILES string of the molecule is COc1cc(N2C[C@H](C)n3ccc(-c4ccnc(C)c4)c3C2=O)ccc1Cl. The van der Waals surface area contributed by atoms with Crippen molar-refractivity contribution in [3.8, 4) is 16.9 Å². The quantitative estimate of drug-likeness (QED) is 0.658. The molecule has 1 aromatic carbocycles. The molecule has 27 heavy (non-hydrogen) atoms. The number of aryl methyl sites for hydroxylation is 1. The first kappa shape index (κ1) is 17.6. The van der Waals surface area contributed by atoms with Crippen LogP contribution in [0.4, 0.5) is 5.69 Å². The van der Waals surface area contributed by atoms with Gasteiger partial charge in [0.1, 0.15) is 11.4 Å². The number of halogens is 1. The highest BCUT2D eigenvalue weighted by Gasteiger charge is 2.32. The van der Waals surface area contributed by atoms with E-state index in [4.69, 9.17) is 16.3 Å². The van der Waals surface area contributed by atoms with Crippen molar-refractivity contribution in [2.45, 2.75) is 19.9 Å². The fourth-order valence-electron chi connectivity index (χ4n) is 3.59. The van der Waals surface area contributed by atoms with E-state index in [1.807, 2.05) is 43.5 Å². The number of nitrogens with zero attached hydrogens (tertiary/aromatic N) is 3. The molecular weight excluding hydrogens is 362 g/mol. The van der Waals surface area contributed by atoms with Gasteiger partial charge in [-0.15, -0.1) is 0 Å². The number of amides is 1. The Morgan fingerprint density at radius 2 is 2.04 bits per heavy atom. The van der Waals surface area contributed by atoms with Crippen molar-refractivity contribution in [2.24, 2.45) is 0 Å². The smallest absolute Gasteiger partial charge is 0.275 e. The molecule has 1 amide bonds. The number of anilines is 1. The largest absolute Gasteiger partial charge is 0.495 e. The molecule has 0 saturated heterocycles. The van der Waals surface area contributed by atoms with Gasteiger partial charge in [0.05, 0.1) is 12.1 Å². The van der Waals surface area contributed by atoms with Gasteiger partial charge in [-0.25, -0.2) is 0 Å². The first-order valence-corrected chi connectivity index (χ1v) is 9.16. The lowest BCUT2D eigenvalue weighted by atomic mass is 10.0. The maximum absolute atomic E-state index is 13.4. The highest BCUT2D eigenvalue weighted by Crippen LogP contribution is 2.36. The third-order valence-electron chi connectivity index (χ3n) is 4.94. The summed E-state index contributed by atoms with van der Waals surface area (Å²) in [5.41, 5.74) is 4.30. The van der Waals surface area contributed by atoms with Gasteiger partial charge in [0, 0.05) is 48.0 Å². The van der Waals surface area contributed by atoms with Crippen molar-refractivity contribution in [2.75, 3.05) is 18.6 Å². The first-order chi connectivity index (χ1) is 13.0. The summed E-state index contributed by atoms with van der Waals surface area (Å²) in [6.07, 6.45) is 3.76. The molecule has 0 aliphatic carbocycles. The lowest BCUT2D eigenvalue weighted by molar-refractivity contribution is 0.0958. The molecule has 0 N–H and O–H groups in total. The number of hydrogen-bond acceptors (Lipinski definition) is 3. The van der Waals surface area contributed by atoms with Crippen molar-refractivity contribution in [3.05, 3.63) is 65.2 Å². The molecule has 3 aromatic rings. The average Bonchev–Trinajstić information content (AvgIpc) is 3.11. The van der Waals surface area contributed by atoms with Gasteiger partial charge in [0.25, 0.3) is 5.91 Å². The maximum atomic E-state index is 13.4. The van der Waals surface area contributed by atoms with E-state index in [1.165, 1.54) is 0 Å². The monoisotopic (exact) mass is 381 g/mol. The number of rotatable bonds is 3. The fourth-order valence-corrected chi connectivity index (χ4v) is 3.78. The van der Waals surface area contributed by atoms with Crippen molar-refractivity contribution in [1.29, 1.82) is 0 Å². The van der Waals surface area contributed by atoms with Crippen LogP contribution in [0.5, 0.6) is 5.75 Å². The summed E-state index contributed by atoms with van der Waals surface area (Å²) in [6, 6.07) is 11.5. The third-order valence-corrected chi connectivity index (χ3v) is 5.25. The molecular formula is C21H20ClN3O2. The Kier molecular flexibility index (Phi) is 4.40. The molecule has 1 atom stereocenters. The lowest BCUT2D eigenvalue weighted by Crippen LogP contribution is -2.42. The number of benzene rings is 1. The number of carbonyl (C=O) groups excluding carboxylic acids is 1. The Labute approximate surface area is 163 Å². The van der Waals surface area contributed by atoms with Crippen molar-refractivity contribution >= 4 is 23.2 Å². The summed E-state index contributed by atoms with van der Waals surface area (Å²) in [4.78, 5) is 19.4. The minimum Gasteiger partial charge on any atom is -0.495 e. The van der Waals surface area contributed by atoms with Crippen LogP contribution in [-0.4, -0.2) is 29.1 Å². The van der Waals surface area contributed by atoms with Gasteiger partial charge in [0.15, 0.2) is 0 Å². The Balaban J connectivity index is 1.80. The van der Waals surface area contributed by atoms with E-state index < -0.39 is 0 Å². The van der Waals surface area contributed by atoms with Crippen LogP contribution in [0.1, 0.15) is 29.1 Å². The lowest BCUT2D eigenvalue weighted by Gasteiger charge is -2.33. The van der Waals surface area contributed by atoms with Crippen molar-refractivity contribution in [1.82, 2.24) is 9.55 Å². The van der Waals surface area contributed by atoms with Crippen molar-refractivity contribution < 1.29 is 9.53 Å². The second-order valence-electron chi connectivity index (χ2n) is 6.75. The molecule has 138 valence electrons. The van der Waals surface area contributed by atoms with Crippen molar-refractivity contribution in [3.63, 3.8) is 0 Å². The van der Waals surface area contributed by atoms with Crippen LogP contribution in [0.25, 0.3) is 11.1 Å². The minimum atomic E-state index is -0.0352. The average molecular weight is 382 g/mol. The van der Waals surface area contributed by atoms with Crippen LogP contribution < -0.4 is 9.64 Å². The summed E-state index contributed by atoms with van der Waals surface area (Å²) in [6.45, 7) is 4.64. The second kappa shape index (κ2) is 6.74. The van der Waals surface area contributed by atoms with E-state index in [1.54, 1.807) is 24.3 Å². The Morgan fingerprint density at radius 1 is 1.22 bits per heavy atom. The number of methoxy groups -OCH3 is 1. The molecule has 6 heteroatoms. The number of ether oxygens (including phenoxy) is 1. The summed E-state index contributed by atoms with van der Waals surface area (Å²) < 4.78 is 7.37. The van der Waals surface area contributed by atoms with Crippen LogP contribution in [0, 0.1) is 6.92 Å². The first-order valence-electron chi connectivity index (χ1n) is 8.79. The molecule has 4 rings (SSSR count). The van der Waals surface area contributed by atoms with Gasteiger partial charge in [-0.2, -0.15) is 0 Å². The van der Waals surface area contributed by atoms with Gasteiger partial charge in [-0.1, -0.05) is 11.6 Å². The molecule has 0 fully saturated rings. The van der Waals surface area contributed by atoms with E-state index in [-0.39, 0.29) is 11.9 Å². The predicted octanol–water partition coefficient (Wildman–Crippen LogP) is 4.74. The maximum Gasteiger partial charge on any atom is 0.275 e. The molecule has 5 nitrogen and oxygen atoms in total. The van der Waals surface area contributed by atoms with E-state index in [2.05, 4.69) is 16.5 Å². The predicted molar refractivity (Wildman–Crippen MR) is 107 cm³/mol. The topological polar surface area (TPSA) is 47.4 Å². The Bertz CT molecular complexity index is 1030. The van der Waals surface area contributed by atoms with Crippen LogP contribution in [0.3, 0.4) is 0 Å². The molecule has 0 unspecified atom stereocenters. The standard InChI is InChI=1S/C21H20ClN3O2/c1-13-10-15(6-8-23-13)17-7-9-24-14(2)12-25(21(26)20(17)24)16-4-5-18(22)19(11-16)27-3/h4-11,14H,12H2,1-3H3/t14-/m0/s1. The van der Waals surface area contributed by atoms with Crippen LogP contribution in [0.15, 0.2) is 48.8 Å². The zero-order valence-electron chi connectivity index (χ0n) is 15.4. The summed E-state index contributed by atoms with van der Waals surface area (Å²) in [5, 5.41) is 0.523. The molecule has 0 bridgehead atoms. The Hall–Kier alpha value is -2.79. The summed E-state index contributed by atoms with van der Waals surface area (Å²) in [7, 11) is 1.57. The molecule has 1 aliphatic rings. The van der Waals surface area contributed by atoms with E-state index in [9.17, 15) is 4.79 Å². The van der Waals surface area contributed by atoms with Gasteiger partial charge in [-0.05, 0) is 49.7 Å². The highest BCUT2D eigenvalue weighted by molar-refractivity contribution is 6.32. The Morgan fingerprint density at radius 3 is 2.78 bits per heavy atom. The number of carbonyl (C=O) groups is 1. The molecule has 2 aromatic heterocycles. The number of hydrogen-bond donors (Lipinski definition) is 0. The van der Waals surface area contributed by atoms with Crippen LogP contribution >= 0.6 is 11.6 Å². The zero-order chi connectivity index (χ0) is 19.1. The normalized spacial score (nSPS) is 16.4. The van der Waals surface area contributed by atoms with Gasteiger partial charge >= 0.3 is 0 Å². The summed E-state index contributed by atoms with van der Waals surface area (Å²) >= 11 is 6.15. The van der Waals surface area contributed by atoms with E-state index in [0.717, 1.165) is 22.5 Å². The van der Waals surface area contributed by atoms with E-state index >= 15 is 0 Å². The highest BCUT2D eigenvalue weighted by atomic mass is 35.5. The number of fused-ring (bicyclic) bond motifs is 1. The van der Waals surface area contributed by atoms with Gasteiger partial charge in [0.2, 0.25) is 0 Å². The molecule has 0 spiro atoms. The van der Waals surface area contributed by atoms with Gasteiger partial charge in [-0.3, -0.25) is 9.78 Å². The van der Waals surface area contributed by atoms with E-state index in [0.29, 0.717) is 23.0 Å². The van der Waals surface area contributed by atoms with Crippen LogP contribution in [-0.2, 0) is 0 Å². The summed E-state index contributed by atoms with van der Waals surface area (Å²) in [5.74, 6) is 0.521. The molecule has 0 radical (unpaired) electrons. The second-order valence-corrected chi connectivity index (χ2v) is 7.16.